The van der Waals surface area contributed by atoms with Gasteiger partial charge in [0.25, 0.3) is 0 Å². The van der Waals surface area contributed by atoms with Crippen LogP contribution in [0.3, 0.4) is 0 Å². The molecule has 0 saturated carbocycles. The Hall–Kier alpha value is -3.70. The number of hydrogen-bond donors (Lipinski definition) is 1. The highest BCUT2D eigenvalue weighted by Crippen LogP contribution is 2.25. The largest absolute Gasteiger partial charge is 0.324 e. The lowest BCUT2D eigenvalue weighted by Crippen LogP contribution is -2.07. The van der Waals surface area contributed by atoms with Crippen LogP contribution in [0.15, 0.2) is 54.6 Å². The van der Waals surface area contributed by atoms with E-state index in [1.807, 2.05) is 44.2 Å². The molecule has 0 spiro atoms. The summed E-state index contributed by atoms with van der Waals surface area (Å²) < 4.78 is 0. The number of benzene rings is 2. The monoisotopic (exact) mass is 339 g/mol. The van der Waals surface area contributed by atoms with E-state index in [0.717, 1.165) is 22.5 Å². The zero-order chi connectivity index (χ0) is 18.5. The Morgan fingerprint density at radius 3 is 2.38 bits per heavy atom. The maximum atomic E-state index is 9.69. The van der Waals surface area contributed by atoms with E-state index in [4.69, 9.17) is 5.26 Å². The molecule has 0 fully saturated rings. The molecule has 2 aromatic carbocycles. The zero-order valence-electron chi connectivity index (χ0n) is 14.6. The van der Waals surface area contributed by atoms with Crippen molar-refractivity contribution in [3.05, 3.63) is 82.7 Å². The van der Waals surface area contributed by atoms with Crippen LogP contribution in [-0.4, -0.2) is 9.97 Å². The molecular weight excluding hydrogens is 322 g/mol. The van der Waals surface area contributed by atoms with Gasteiger partial charge in [-0.25, -0.2) is 9.97 Å². The van der Waals surface area contributed by atoms with E-state index >= 15 is 0 Å². The van der Waals surface area contributed by atoms with E-state index in [2.05, 4.69) is 27.4 Å². The van der Waals surface area contributed by atoms with Crippen molar-refractivity contribution in [1.82, 2.24) is 9.97 Å². The van der Waals surface area contributed by atoms with Gasteiger partial charge in [0, 0.05) is 11.4 Å². The van der Waals surface area contributed by atoms with Crippen molar-refractivity contribution in [2.24, 2.45) is 0 Å². The fraction of sp³-hybridized carbons (Fsp3) is 0.143. The lowest BCUT2D eigenvalue weighted by molar-refractivity contribution is 0.933. The third-order valence-electron chi connectivity index (χ3n) is 3.94. The third-order valence-corrected chi connectivity index (χ3v) is 3.94. The summed E-state index contributed by atoms with van der Waals surface area (Å²) in [7, 11) is 0. The molecule has 0 amide bonds. The number of nitriles is 2. The van der Waals surface area contributed by atoms with Crippen LogP contribution in [0.2, 0.25) is 0 Å². The zero-order valence-corrected chi connectivity index (χ0v) is 14.6. The van der Waals surface area contributed by atoms with Crippen molar-refractivity contribution < 1.29 is 0 Å². The summed E-state index contributed by atoms with van der Waals surface area (Å²) in [4.78, 5) is 8.94. The van der Waals surface area contributed by atoms with Gasteiger partial charge in [-0.1, -0.05) is 29.8 Å². The second-order valence-corrected chi connectivity index (χ2v) is 6.05. The van der Waals surface area contributed by atoms with Crippen molar-refractivity contribution >= 4 is 11.6 Å². The van der Waals surface area contributed by atoms with Gasteiger partial charge in [-0.05, 0) is 49.7 Å². The molecule has 1 heterocycles. The van der Waals surface area contributed by atoms with E-state index in [-0.39, 0.29) is 0 Å². The molecule has 0 aliphatic heterocycles. The van der Waals surface area contributed by atoms with Crippen molar-refractivity contribution in [2.45, 2.75) is 19.8 Å². The van der Waals surface area contributed by atoms with Crippen LogP contribution >= 0.6 is 0 Å². The lowest BCUT2D eigenvalue weighted by atomic mass is 9.95. The van der Waals surface area contributed by atoms with Gasteiger partial charge in [0.1, 0.15) is 5.92 Å². The molecule has 126 valence electrons. The van der Waals surface area contributed by atoms with Crippen LogP contribution in [0.1, 0.15) is 34.0 Å². The maximum Gasteiger partial charge on any atom is 0.227 e. The first-order chi connectivity index (χ1) is 12.6. The highest BCUT2D eigenvalue weighted by molar-refractivity contribution is 5.55. The molecule has 1 aromatic heterocycles. The topological polar surface area (TPSA) is 85.4 Å². The molecule has 5 heteroatoms. The first-order valence-corrected chi connectivity index (χ1v) is 8.18. The van der Waals surface area contributed by atoms with Crippen LogP contribution in [0.5, 0.6) is 0 Å². The second-order valence-electron chi connectivity index (χ2n) is 6.05. The highest BCUT2D eigenvalue weighted by atomic mass is 15.1. The summed E-state index contributed by atoms with van der Waals surface area (Å²) in [5, 5.41) is 21.7. The first-order valence-electron chi connectivity index (χ1n) is 8.18. The Balaban J connectivity index is 1.93. The molecule has 1 unspecified atom stereocenters. The number of hydrogen-bond acceptors (Lipinski definition) is 5. The summed E-state index contributed by atoms with van der Waals surface area (Å²) >= 11 is 0. The van der Waals surface area contributed by atoms with Gasteiger partial charge in [0.15, 0.2) is 0 Å². The summed E-state index contributed by atoms with van der Waals surface area (Å²) in [5.41, 5.74) is 4.81. The molecule has 0 aliphatic rings. The van der Waals surface area contributed by atoms with Crippen molar-refractivity contribution in [2.75, 3.05) is 5.32 Å². The molecule has 5 nitrogen and oxygen atoms in total. The molecule has 1 atom stereocenters. The minimum Gasteiger partial charge on any atom is -0.324 e. The predicted molar refractivity (Wildman–Crippen MR) is 99.8 cm³/mol. The standard InChI is InChI=1S/C21H17N5/c1-14-4-3-5-17(10-14)19(13-23)20-11-15(2)24-21(26-20)25-18-8-6-16(12-22)7-9-18/h3-11,19H,1-2H3,(H,24,25,26). The molecule has 0 radical (unpaired) electrons. The van der Waals surface area contributed by atoms with E-state index in [9.17, 15) is 5.26 Å². The van der Waals surface area contributed by atoms with Crippen LogP contribution in [0.25, 0.3) is 0 Å². The molecule has 0 bridgehead atoms. The Morgan fingerprint density at radius 1 is 0.962 bits per heavy atom. The fourth-order valence-corrected chi connectivity index (χ4v) is 2.71. The minimum absolute atomic E-state index is 0.428. The number of rotatable bonds is 4. The fourth-order valence-electron chi connectivity index (χ4n) is 2.71. The van der Waals surface area contributed by atoms with Crippen LogP contribution < -0.4 is 5.32 Å². The van der Waals surface area contributed by atoms with Gasteiger partial charge in [-0.2, -0.15) is 10.5 Å². The summed E-state index contributed by atoms with van der Waals surface area (Å²) in [5.74, 6) is -0.0317. The van der Waals surface area contributed by atoms with Crippen molar-refractivity contribution in [3.8, 4) is 12.1 Å². The summed E-state index contributed by atoms with van der Waals surface area (Å²) in [6, 6.07) is 21.2. The smallest absolute Gasteiger partial charge is 0.227 e. The molecule has 0 aliphatic carbocycles. The van der Waals surface area contributed by atoms with Crippen molar-refractivity contribution in [3.63, 3.8) is 0 Å². The van der Waals surface area contributed by atoms with E-state index in [1.165, 1.54) is 0 Å². The third kappa shape index (κ3) is 3.85. The van der Waals surface area contributed by atoms with Gasteiger partial charge in [0.2, 0.25) is 5.95 Å². The number of anilines is 2. The molecule has 1 N–H and O–H groups in total. The maximum absolute atomic E-state index is 9.69. The number of nitrogens with one attached hydrogen (secondary N) is 1. The number of aromatic nitrogens is 2. The SMILES string of the molecule is Cc1cccc(C(C#N)c2cc(C)nc(Nc3ccc(C#N)cc3)n2)c1. The minimum atomic E-state index is -0.460. The van der Waals surface area contributed by atoms with Gasteiger partial charge >= 0.3 is 0 Å². The van der Waals surface area contributed by atoms with E-state index < -0.39 is 5.92 Å². The van der Waals surface area contributed by atoms with Gasteiger partial charge in [0.05, 0.1) is 23.4 Å². The average Bonchev–Trinajstić information content (AvgIpc) is 2.63. The Bertz CT molecular complexity index is 1010. The Kier molecular flexibility index (Phi) is 4.92. The summed E-state index contributed by atoms with van der Waals surface area (Å²) in [6.07, 6.45) is 0. The second kappa shape index (κ2) is 7.46. The number of aryl methyl sites for hydroxylation is 2. The Labute approximate surface area is 152 Å². The molecule has 0 saturated heterocycles. The van der Waals surface area contributed by atoms with Gasteiger partial charge in [-0.15, -0.1) is 0 Å². The van der Waals surface area contributed by atoms with E-state index in [1.54, 1.807) is 24.3 Å². The molecule has 3 rings (SSSR count). The summed E-state index contributed by atoms with van der Waals surface area (Å²) in [6.45, 7) is 3.88. The molecule has 3 aromatic rings. The van der Waals surface area contributed by atoms with Crippen LogP contribution in [-0.2, 0) is 0 Å². The molecular formula is C21H17N5. The lowest BCUT2D eigenvalue weighted by Gasteiger charge is -2.13. The molecule has 26 heavy (non-hydrogen) atoms. The predicted octanol–water partition coefficient (Wildman–Crippen LogP) is 4.36. The van der Waals surface area contributed by atoms with E-state index in [0.29, 0.717) is 17.2 Å². The first kappa shape index (κ1) is 17.1. The average molecular weight is 339 g/mol. The van der Waals surface area contributed by atoms with Crippen LogP contribution in [0, 0.1) is 36.5 Å². The van der Waals surface area contributed by atoms with Gasteiger partial charge in [-0.3, -0.25) is 0 Å². The number of nitrogens with zero attached hydrogens (tertiary/aromatic N) is 4. The normalized spacial score (nSPS) is 11.2. The van der Waals surface area contributed by atoms with Gasteiger partial charge < -0.3 is 5.32 Å². The highest BCUT2D eigenvalue weighted by Gasteiger charge is 2.17. The van der Waals surface area contributed by atoms with Crippen molar-refractivity contribution in [1.29, 1.82) is 10.5 Å². The Morgan fingerprint density at radius 2 is 1.73 bits per heavy atom. The quantitative estimate of drug-likeness (QED) is 0.763. The van der Waals surface area contributed by atoms with Crippen LogP contribution in [0.4, 0.5) is 11.6 Å².